The van der Waals surface area contributed by atoms with Gasteiger partial charge in [0.2, 0.25) is 0 Å². The molecule has 0 aromatic carbocycles. The van der Waals surface area contributed by atoms with E-state index in [1.165, 1.54) is 0 Å². The second-order valence-electron chi connectivity index (χ2n) is 4.38. The number of carboxylic acids is 1. The predicted molar refractivity (Wildman–Crippen MR) is 70.8 cm³/mol. The number of rotatable bonds is 2. The number of anilines is 1. The number of carboxylic acid groups (broad SMARTS) is 1. The number of aryl methyl sites for hydroxylation is 3. The Morgan fingerprint density at radius 3 is 2.47 bits per heavy atom. The topological polar surface area (TPSA) is 102 Å². The van der Waals surface area contributed by atoms with Crippen LogP contribution in [0.25, 0.3) is 11.5 Å². The Labute approximate surface area is 110 Å². The molecule has 2 aromatic heterocycles. The van der Waals surface area contributed by atoms with E-state index in [4.69, 9.17) is 10.8 Å². The lowest BCUT2D eigenvalue weighted by Crippen LogP contribution is -2.11. The molecule has 6 nitrogen and oxygen atoms in total. The highest BCUT2D eigenvalue weighted by Gasteiger charge is 2.17. The van der Waals surface area contributed by atoms with Crippen LogP contribution in [0.2, 0.25) is 0 Å². The summed E-state index contributed by atoms with van der Waals surface area (Å²) in [6.07, 6.45) is 1.71. The molecule has 0 unspecified atom stereocenters. The van der Waals surface area contributed by atoms with Gasteiger partial charge in [0, 0.05) is 6.20 Å². The zero-order valence-electron chi connectivity index (χ0n) is 10.9. The molecule has 2 aromatic rings. The largest absolute Gasteiger partial charge is 0.477 e. The van der Waals surface area contributed by atoms with E-state index in [9.17, 15) is 4.79 Å². The maximum atomic E-state index is 11.0. The Bertz CT molecular complexity index is 645. The van der Waals surface area contributed by atoms with Gasteiger partial charge in [-0.2, -0.15) is 0 Å². The summed E-state index contributed by atoms with van der Waals surface area (Å²) in [6.45, 7) is 5.43. The molecule has 2 rings (SSSR count). The van der Waals surface area contributed by atoms with Crippen molar-refractivity contribution in [1.29, 1.82) is 0 Å². The first-order valence-electron chi connectivity index (χ1n) is 5.71. The van der Waals surface area contributed by atoms with Gasteiger partial charge in [0.05, 0.1) is 5.69 Å². The van der Waals surface area contributed by atoms with Gasteiger partial charge in [-0.25, -0.2) is 14.8 Å². The van der Waals surface area contributed by atoms with E-state index in [1.54, 1.807) is 13.1 Å². The van der Waals surface area contributed by atoms with Crippen molar-refractivity contribution in [1.82, 2.24) is 15.0 Å². The van der Waals surface area contributed by atoms with E-state index in [0.717, 1.165) is 11.1 Å². The summed E-state index contributed by atoms with van der Waals surface area (Å²) in [5.74, 6) is -0.829. The van der Waals surface area contributed by atoms with E-state index in [-0.39, 0.29) is 11.4 Å². The summed E-state index contributed by atoms with van der Waals surface area (Å²) in [5.41, 5.74) is 8.51. The third kappa shape index (κ3) is 2.37. The van der Waals surface area contributed by atoms with Crippen molar-refractivity contribution in [2.45, 2.75) is 20.8 Å². The van der Waals surface area contributed by atoms with E-state index < -0.39 is 5.97 Å². The van der Waals surface area contributed by atoms with E-state index >= 15 is 0 Å². The molecule has 0 amide bonds. The van der Waals surface area contributed by atoms with Gasteiger partial charge >= 0.3 is 5.97 Å². The molecule has 0 aliphatic rings. The molecule has 0 saturated heterocycles. The van der Waals surface area contributed by atoms with Crippen LogP contribution in [0.1, 0.15) is 27.2 Å². The average molecular weight is 258 g/mol. The number of nitrogen functional groups attached to an aromatic ring is 1. The summed E-state index contributed by atoms with van der Waals surface area (Å²) < 4.78 is 0. The number of nitrogens with zero attached hydrogens (tertiary/aromatic N) is 3. The van der Waals surface area contributed by atoms with E-state index in [1.807, 2.05) is 19.9 Å². The molecule has 3 N–H and O–H groups in total. The second-order valence-corrected chi connectivity index (χ2v) is 4.38. The van der Waals surface area contributed by atoms with Crippen LogP contribution in [0, 0.1) is 20.8 Å². The minimum Gasteiger partial charge on any atom is -0.477 e. The monoisotopic (exact) mass is 258 g/mol. The van der Waals surface area contributed by atoms with Crippen molar-refractivity contribution in [3.8, 4) is 11.5 Å². The third-order valence-electron chi connectivity index (χ3n) is 2.76. The zero-order valence-corrected chi connectivity index (χ0v) is 10.9. The molecule has 98 valence electrons. The van der Waals surface area contributed by atoms with Gasteiger partial charge < -0.3 is 10.8 Å². The Morgan fingerprint density at radius 2 is 1.95 bits per heavy atom. The van der Waals surface area contributed by atoms with Gasteiger partial charge in [0.1, 0.15) is 17.1 Å². The van der Waals surface area contributed by atoms with Crippen LogP contribution in [-0.2, 0) is 0 Å². The summed E-state index contributed by atoms with van der Waals surface area (Å²) in [4.78, 5) is 23.5. The minimum absolute atomic E-state index is 0.0447. The lowest BCUT2D eigenvalue weighted by atomic mass is 10.1. The first kappa shape index (κ1) is 12.9. The summed E-state index contributed by atoms with van der Waals surface area (Å²) in [5, 5.41) is 9.02. The minimum atomic E-state index is -1.13. The number of aromatic nitrogens is 3. The van der Waals surface area contributed by atoms with Gasteiger partial charge in [-0.1, -0.05) is 6.07 Å². The summed E-state index contributed by atoms with van der Waals surface area (Å²) >= 11 is 0. The van der Waals surface area contributed by atoms with Crippen molar-refractivity contribution in [3.05, 3.63) is 34.6 Å². The number of hydrogen-bond acceptors (Lipinski definition) is 5. The number of pyridine rings is 1. The molecule has 0 saturated carbocycles. The Morgan fingerprint density at radius 1 is 1.26 bits per heavy atom. The quantitative estimate of drug-likeness (QED) is 0.850. The molecule has 0 atom stereocenters. The second kappa shape index (κ2) is 4.64. The van der Waals surface area contributed by atoms with Crippen molar-refractivity contribution in [2.24, 2.45) is 0 Å². The van der Waals surface area contributed by atoms with Crippen LogP contribution in [0.5, 0.6) is 0 Å². The summed E-state index contributed by atoms with van der Waals surface area (Å²) in [7, 11) is 0. The number of aromatic carboxylic acids is 1. The highest BCUT2D eigenvalue weighted by molar-refractivity contribution is 5.94. The Balaban J connectivity index is 2.61. The van der Waals surface area contributed by atoms with Gasteiger partial charge in [0.25, 0.3) is 0 Å². The van der Waals surface area contributed by atoms with Crippen molar-refractivity contribution in [2.75, 3.05) is 5.73 Å². The maximum absolute atomic E-state index is 11.0. The van der Waals surface area contributed by atoms with Crippen LogP contribution in [0.15, 0.2) is 12.3 Å². The van der Waals surface area contributed by atoms with Crippen molar-refractivity contribution < 1.29 is 9.90 Å². The fourth-order valence-electron chi connectivity index (χ4n) is 1.91. The van der Waals surface area contributed by atoms with Crippen LogP contribution < -0.4 is 5.73 Å². The highest BCUT2D eigenvalue weighted by atomic mass is 16.4. The molecular formula is C13H14N4O2. The van der Waals surface area contributed by atoms with Gasteiger partial charge in [-0.15, -0.1) is 0 Å². The predicted octanol–water partition coefficient (Wildman–Crippen LogP) is 1.74. The molecule has 0 aliphatic carbocycles. The molecule has 0 spiro atoms. The standard InChI is InChI=1S/C13H14N4O2/c1-6-4-7(2)10(15-5-6)12-16-8(3)9(13(18)19)11(14)17-12/h4-5H,1-3H3,(H,18,19)(H2,14,16,17). The molecule has 0 fully saturated rings. The first-order chi connectivity index (χ1) is 8.90. The van der Waals surface area contributed by atoms with E-state index in [2.05, 4.69) is 15.0 Å². The summed E-state index contributed by atoms with van der Waals surface area (Å²) in [6, 6.07) is 1.96. The molecule has 0 aliphatic heterocycles. The van der Waals surface area contributed by atoms with E-state index in [0.29, 0.717) is 17.2 Å². The molecule has 6 heteroatoms. The Kier molecular flexibility index (Phi) is 3.16. The molecular weight excluding hydrogens is 244 g/mol. The number of carbonyl (C=O) groups is 1. The SMILES string of the molecule is Cc1cnc(-c2nc(C)c(C(=O)O)c(N)n2)c(C)c1. The number of nitrogens with two attached hydrogens (primary N) is 1. The fourth-order valence-corrected chi connectivity index (χ4v) is 1.91. The van der Waals surface area contributed by atoms with Crippen LogP contribution in [0.3, 0.4) is 0 Å². The fraction of sp³-hybridized carbons (Fsp3) is 0.231. The van der Waals surface area contributed by atoms with Crippen molar-refractivity contribution >= 4 is 11.8 Å². The molecule has 0 radical (unpaired) electrons. The smallest absolute Gasteiger partial charge is 0.341 e. The van der Waals surface area contributed by atoms with Crippen molar-refractivity contribution in [3.63, 3.8) is 0 Å². The van der Waals surface area contributed by atoms with Gasteiger partial charge in [-0.3, -0.25) is 4.98 Å². The average Bonchev–Trinajstić information content (AvgIpc) is 2.26. The number of hydrogen-bond donors (Lipinski definition) is 2. The lowest BCUT2D eigenvalue weighted by molar-refractivity contribution is 0.0696. The lowest BCUT2D eigenvalue weighted by Gasteiger charge is -2.08. The van der Waals surface area contributed by atoms with Crippen LogP contribution in [0.4, 0.5) is 5.82 Å². The maximum Gasteiger partial charge on any atom is 0.341 e. The Hall–Kier alpha value is -2.50. The van der Waals surface area contributed by atoms with Crippen LogP contribution in [-0.4, -0.2) is 26.0 Å². The van der Waals surface area contributed by atoms with Gasteiger partial charge in [0.15, 0.2) is 5.82 Å². The highest BCUT2D eigenvalue weighted by Crippen LogP contribution is 2.22. The molecule has 19 heavy (non-hydrogen) atoms. The normalized spacial score (nSPS) is 10.5. The molecule has 2 heterocycles. The zero-order chi connectivity index (χ0) is 14.2. The van der Waals surface area contributed by atoms with Crippen LogP contribution >= 0.6 is 0 Å². The van der Waals surface area contributed by atoms with Gasteiger partial charge in [-0.05, 0) is 31.9 Å². The third-order valence-corrected chi connectivity index (χ3v) is 2.76. The molecule has 0 bridgehead atoms. The first-order valence-corrected chi connectivity index (χ1v) is 5.71.